The van der Waals surface area contributed by atoms with E-state index in [4.69, 9.17) is 9.88 Å². The number of hydrogen-bond donors (Lipinski definition) is 4. The average molecular weight is 493 g/mol. The predicted octanol–water partition coefficient (Wildman–Crippen LogP) is 1.67. The molecule has 2 amide bonds. The standard InChI is InChI=1S/C22H28N4O7S/c1-32-21(28)17-10-12-18(13-11-17)25-20(27)19(9-5-6-14-24-34(23,30)31)26-22(29)33-15-16-7-3-2-4-8-16/h2-4,7-8,10-13,19,24H,5-6,9,14-15H2,1H3,(H,25,27)(H,26,29)(H2,23,30,31). The van der Waals surface area contributed by atoms with E-state index in [2.05, 4.69) is 20.1 Å². The normalized spacial score (nSPS) is 11.8. The minimum Gasteiger partial charge on any atom is -0.465 e. The van der Waals surface area contributed by atoms with Crippen LogP contribution >= 0.6 is 0 Å². The average Bonchev–Trinajstić information content (AvgIpc) is 2.81. The molecule has 0 heterocycles. The van der Waals surface area contributed by atoms with Gasteiger partial charge in [0.25, 0.3) is 10.2 Å². The first-order valence-corrected chi connectivity index (χ1v) is 12.0. The number of unbranched alkanes of at least 4 members (excludes halogenated alkanes) is 1. The van der Waals surface area contributed by atoms with E-state index in [1.54, 1.807) is 12.1 Å². The molecule has 0 radical (unpaired) electrons. The number of carbonyl (C=O) groups excluding carboxylic acids is 3. The van der Waals surface area contributed by atoms with Gasteiger partial charge in [0.15, 0.2) is 0 Å². The van der Waals surface area contributed by atoms with Crippen LogP contribution in [0.25, 0.3) is 0 Å². The van der Waals surface area contributed by atoms with Crippen molar-refractivity contribution in [3.8, 4) is 0 Å². The fourth-order valence-corrected chi connectivity index (χ4v) is 3.33. The predicted molar refractivity (Wildman–Crippen MR) is 125 cm³/mol. The molecular weight excluding hydrogens is 464 g/mol. The summed E-state index contributed by atoms with van der Waals surface area (Å²) in [5, 5.41) is 10.1. The van der Waals surface area contributed by atoms with Gasteiger partial charge < -0.3 is 20.1 Å². The monoisotopic (exact) mass is 492 g/mol. The second-order valence-corrected chi connectivity index (χ2v) is 8.63. The van der Waals surface area contributed by atoms with E-state index in [-0.39, 0.29) is 19.6 Å². The maximum atomic E-state index is 12.8. The van der Waals surface area contributed by atoms with Gasteiger partial charge in [-0.15, -0.1) is 0 Å². The lowest BCUT2D eigenvalue weighted by atomic mass is 10.1. The van der Waals surface area contributed by atoms with Crippen LogP contribution in [0.5, 0.6) is 0 Å². The number of nitrogens with two attached hydrogens (primary N) is 1. The quantitative estimate of drug-likeness (QED) is 0.258. The van der Waals surface area contributed by atoms with Gasteiger partial charge >= 0.3 is 12.1 Å². The van der Waals surface area contributed by atoms with Crippen molar-refractivity contribution in [3.05, 3.63) is 65.7 Å². The molecule has 184 valence electrons. The first-order chi connectivity index (χ1) is 16.2. The van der Waals surface area contributed by atoms with Crippen LogP contribution in [0.2, 0.25) is 0 Å². The van der Waals surface area contributed by atoms with E-state index in [0.717, 1.165) is 5.56 Å². The van der Waals surface area contributed by atoms with Crippen molar-refractivity contribution in [1.82, 2.24) is 10.0 Å². The number of rotatable bonds is 12. The molecule has 0 aliphatic rings. The zero-order valence-corrected chi connectivity index (χ0v) is 19.5. The molecule has 0 aliphatic carbocycles. The summed E-state index contributed by atoms with van der Waals surface area (Å²) in [6, 6.07) is 14.2. The molecule has 0 saturated carbocycles. The Morgan fingerprint density at radius 1 is 1.00 bits per heavy atom. The van der Waals surface area contributed by atoms with Crippen LogP contribution in [0.4, 0.5) is 10.5 Å². The van der Waals surface area contributed by atoms with Crippen molar-refractivity contribution in [1.29, 1.82) is 0 Å². The number of hydrogen-bond acceptors (Lipinski definition) is 7. The molecule has 0 fully saturated rings. The van der Waals surface area contributed by atoms with Gasteiger partial charge in [-0.05, 0) is 49.1 Å². The topological polar surface area (TPSA) is 166 Å². The zero-order valence-electron chi connectivity index (χ0n) is 18.7. The number of ether oxygens (including phenoxy) is 2. The van der Waals surface area contributed by atoms with Gasteiger partial charge in [0, 0.05) is 12.2 Å². The molecule has 1 unspecified atom stereocenters. The summed E-state index contributed by atoms with van der Waals surface area (Å²) in [4.78, 5) is 36.7. The molecule has 0 aliphatic heterocycles. The molecular formula is C22H28N4O7S. The van der Waals surface area contributed by atoms with Crippen LogP contribution in [-0.2, 0) is 31.1 Å². The first kappa shape index (κ1) is 26.8. The third-order valence-electron chi connectivity index (χ3n) is 4.62. The smallest absolute Gasteiger partial charge is 0.408 e. The van der Waals surface area contributed by atoms with Gasteiger partial charge in [0.05, 0.1) is 12.7 Å². The van der Waals surface area contributed by atoms with Crippen molar-refractivity contribution in [2.24, 2.45) is 5.14 Å². The number of benzene rings is 2. The molecule has 0 saturated heterocycles. The van der Waals surface area contributed by atoms with Crippen molar-refractivity contribution in [2.45, 2.75) is 31.9 Å². The summed E-state index contributed by atoms with van der Waals surface area (Å²) in [6.07, 6.45) is 0.266. The largest absolute Gasteiger partial charge is 0.465 e. The molecule has 34 heavy (non-hydrogen) atoms. The molecule has 12 heteroatoms. The molecule has 2 aromatic rings. The fourth-order valence-electron chi connectivity index (χ4n) is 2.90. The van der Waals surface area contributed by atoms with Crippen LogP contribution in [0.3, 0.4) is 0 Å². The molecule has 1 atom stereocenters. The van der Waals surface area contributed by atoms with E-state index < -0.39 is 34.2 Å². The molecule has 0 spiro atoms. The molecule has 2 aromatic carbocycles. The van der Waals surface area contributed by atoms with Crippen LogP contribution in [0.15, 0.2) is 54.6 Å². The van der Waals surface area contributed by atoms with Gasteiger partial charge in [0.1, 0.15) is 12.6 Å². The number of esters is 1. The number of anilines is 1. The van der Waals surface area contributed by atoms with E-state index >= 15 is 0 Å². The van der Waals surface area contributed by atoms with Crippen LogP contribution in [0, 0.1) is 0 Å². The van der Waals surface area contributed by atoms with Gasteiger partial charge in [-0.1, -0.05) is 30.3 Å². The highest BCUT2D eigenvalue weighted by Gasteiger charge is 2.22. The Bertz CT molecular complexity index is 1060. The number of alkyl carbamates (subject to hydrolysis) is 1. The Morgan fingerprint density at radius 2 is 1.68 bits per heavy atom. The second-order valence-electron chi connectivity index (χ2n) is 7.25. The summed E-state index contributed by atoms with van der Waals surface area (Å²) in [5.41, 5.74) is 1.53. The molecule has 11 nitrogen and oxygen atoms in total. The summed E-state index contributed by atoms with van der Waals surface area (Å²) in [7, 11) is -2.53. The summed E-state index contributed by atoms with van der Waals surface area (Å²) >= 11 is 0. The van der Waals surface area contributed by atoms with Crippen LogP contribution in [-0.4, -0.2) is 46.1 Å². The van der Waals surface area contributed by atoms with Gasteiger partial charge in [0.2, 0.25) is 5.91 Å². The minimum atomic E-state index is -3.80. The maximum absolute atomic E-state index is 12.8. The van der Waals surface area contributed by atoms with E-state index in [1.807, 2.05) is 18.2 Å². The highest BCUT2D eigenvalue weighted by atomic mass is 32.2. The minimum absolute atomic E-state index is 0.0360. The van der Waals surface area contributed by atoms with Crippen molar-refractivity contribution < 1.29 is 32.3 Å². The number of nitrogens with one attached hydrogen (secondary N) is 3. The van der Waals surface area contributed by atoms with Crippen LogP contribution < -0.4 is 20.5 Å². The molecule has 2 rings (SSSR count). The first-order valence-electron chi connectivity index (χ1n) is 10.4. The Labute approximate surface area is 198 Å². The summed E-state index contributed by atoms with van der Waals surface area (Å²) in [5.74, 6) is -1.01. The van der Waals surface area contributed by atoms with Gasteiger partial charge in [-0.2, -0.15) is 8.42 Å². The number of carbonyl (C=O) groups is 3. The van der Waals surface area contributed by atoms with Crippen molar-refractivity contribution in [3.63, 3.8) is 0 Å². The number of amides is 2. The van der Waals surface area contributed by atoms with Crippen LogP contribution in [0.1, 0.15) is 35.2 Å². The SMILES string of the molecule is COC(=O)c1ccc(NC(=O)C(CCCCNS(N)(=O)=O)NC(=O)OCc2ccccc2)cc1. The third kappa shape index (κ3) is 9.98. The molecule has 0 bridgehead atoms. The fraction of sp³-hybridized carbons (Fsp3) is 0.318. The summed E-state index contributed by atoms with van der Waals surface area (Å²) in [6.45, 7) is 0.134. The van der Waals surface area contributed by atoms with E-state index in [9.17, 15) is 22.8 Å². The van der Waals surface area contributed by atoms with E-state index in [1.165, 1.54) is 31.4 Å². The molecule has 0 aromatic heterocycles. The lowest BCUT2D eigenvalue weighted by molar-refractivity contribution is -0.118. The zero-order chi connectivity index (χ0) is 25.0. The highest BCUT2D eigenvalue weighted by Crippen LogP contribution is 2.12. The Hall–Kier alpha value is -3.48. The Kier molecular flexibility index (Phi) is 10.5. The second kappa shape index (κ2) is 13.3. The Morgan fingerprint density at radius 3 is 2.29 bits per heavy atom. The molecule has 5 N–H and O–H groups in total. The van der Waals surface area contributed by atoms with E-state index in [0.29, 0.717) is 24.1 Å². The van der Waals surface area contributed by atoms with Crippen molar-refractivity contribution in [2.75, 3.05) is 19.0 Å². The third-order valence-corrected chi connectivity index (χ3v) is 5.22. The number of methoxy groups -OCH3 is 1. The lowest BCUT2D eigenvalue weighted by Gasteiger charge is -2.18. The van der Waals surface area contributed by atoms with Crippen molar-refractivity contribution >= 4 is 33.9 Å². The summed E-state index contributed by atoms with van der Waals surface area (Å²) < 4.78 is 33.9. The maximum Gasteiger partial charge on any atom is 0.408 e. The van der Waals surface area contributed by atoms with Gasteiger partial charge in [-0.25, -0.2) is 19.5 Å². The lowest BCUT2D eigenvalue weighted by Crippen LogP contribution is -2.44. The Balaban J connectivity index is 1.97. The van der Waals surface area contributed by atoms with Gasteiger partial charge in [-0.3, -0.25) is 4.79 Å². The highest BCUT2D eigenvalue weighted by molar-refractivity contribution is 7.87.